The van der Waals surface area contributed by atoms with Gasteiger partial charge in [-0.05, 0) is 38.3 Å². The van der Waals surface area contributed by atoms with Gasteiger partial charge in [0.1, 0.15) is 6.54 Å². The second kappa shape index (κ2) is 7.74. The first kappa shape index (κ1) is 16.2. The Hall–Kier alpha value is -2.16. The first-order valence-corrected chi connectivity index (χ1v) is 7.88. The standard InChI is InChI=1S/C19H24N2O/c1-15-13-16(2)19(17(3)14-15)20-18(22)9-5-8-12-21-10-6-4-7-11-21/h4,6-7,10-11,13-14H,5,8-9,12H2,1-3H3/p+1. The molecule has 1 N–H and O–H groups in total. The molecule has 116 valence electrons. The van der Waals surface area contributed by atoms with Gasteiger partial charge in [-0.25, -0.2) is 4.57 Å². The number of unbranched alkanes of at least 4 members (excludes halogenated alkanes) is 1. The molecule has 0 radical (unpaired) electrons. The zero-order valence-corrected chi connectivity index (χ0v) is 13.7. The van der Waals surface area contributed by atoms with E-state index in [1.54, 1.807) is 0 Å². The van der Waals surface area contributed by atoms with E-state index in [-0.39, 0.29) is 5.91 Å². The van der Waals surface area contributed by atoms with Gasteiger partial charge in [0.25, 0.3) is 0 Å². The van der Waals surface area contributed by atoms with Crippen molar-refractivity contribution in [3.05, 3.63) is 59.4 Å². The van der Waals surface area contributed by atoms with Gasteiger partial charge < -0.3 is 5.32 Å². The van der Waals surface area contributed by atoms with Crippen molar-refractivity contribution in [3.8, 4) is 0 Å². The predicted molar refractivity (Wildman–Crippen MR) is 89.8 cm³/mol. The second-order valence-electron chi connectivity index (χ2n) is 5.89. The molecule has 0 bridgehead atoms. The van der Waals surface area contributed by atoms with Crippen molar-refractivity contribution in [2.24, 2.45) is 0 Å². The van der Waals surface area contributed by atoms with Crippen LogP contribution in [0.5, 0.6) is 0 Å². The van der Waals surface area contributed by atoms with E-state index in [0.717, 1.165) is 36.2 Å². The highest BCUT2D eigenvalue weighted by Crippen LogP contribution is 2.22. The third-order valence-electron chi connectivity index (χ3n) is 3.79. The number of nitrogens with zero attached hydrogens (tertiary/aromatic N) is 1. The van der Waals surface area contributed by atoms with Crippen LogP contribution in [0.15, 0.2) is 42.7 Å². The number of hydrogen-bond donors (Lipinski definition) is 1. The molecular weight excluding hydrogens is 272 g/mol. The molecule has 1 amide bonds. The van der Waals surface area contributed by atoms with Crippen molar-refractivity contribution in [2.45, 2.75) is 46.6 Å². The molecule has 1 heterocycles. The average Bonchev–Trinajstić information content (AvgIpc) is 2.48. The van der Waals surface area contributed by atoms with Gasteiger partial charge in [-0.15, -0.1) is 0 Å². The molecule has 0 aliphatic heterocycles. The lowest BCUT2D eigenvalue weighted by Crippen LogP contribution is -2.32. The number of rotatable bonds is 6. The minimum absolute atomic E-state index is 0.105. The van der Waals surface area contributed by atoms with Gasteiger partial charge in [-0.1, -0.05) is 23.8 Å². The summed E-state index contributed by atoms with van der Waals surface area (Å²) >= 11 is 0. The Labute approximate surface area is 133 Å². The normalized spacial score (nSPS) is 10.5. The van der Waals surface area contributed by atoms with E-state index in [0.29, 0.717) is 6.42 Å². The number of pyridine rings is 1. The van der Waals surface area contributed by atoms with Gasteiger partial charge in [0.15, 0.2) is 12.4 Å². The highest BCUT2D eigenvalue weighted by atomic mass is 16.1. The Morgan fingerprint density at radius 2 is 1.64 bits per heavy atom. The number of carbonyl (C=O) groups is 1. The monoisotopic (exact) mass is 297 g/mol. The maximum atomic E-state index is 12.1. The van der Waals surface area contributed by atoms with Gasteiger partial charge in [0, 0.05) is 30.7 Å². The number of aryl methyl sites for hydroxylation is 4. The summed E-state index contributed by atoms with van der Waals surface area (Å²) in [7, 11) is 0. The summed E-state index contributed by atoms with van der Waals surface area (Å²) in [5.74, 6) is 0.105. The number of aromatic nitrogens is 1. The number of carbonyl (C=O) groups excluding carboxylic acids is 1. The van der Waals surface area contributed by atoms with E-state index < -0.39 is 0 Å². The molecule has 0 saturated heterocycles. The van der Waals surface area contributed by atoms with Crippen molar-refractivity contribution in [3.63, 3.8) is 0 Å². The molecule has 0 unspecified atom stereocenters. The van der Waals surface area contributed by atoms with Gasteiger partial charge in [-0.2, -0.15) is 0 Å². The Morgan fingerprint density at radius 1 is 1.00 bits per heavy atom. The fraction of sp³-hybridized carbons (Fsp3) is 0.368. The first-order valence-electron chi connectivity index (χ1n) is 7.88. The third-order valence-corrected chi connectivity index (χ3v) is 3.79. The van der Waals surface area contributed by atoms with Crippen molar-refractivity contribution >= 4 is 11.6 Å². The topological polar surface area (TPSA) is 33.0 Å². The van der Waals surface area contributed by atoms with Crippen LogP contribution < -0.4 is 9.88 Å². The maximum absolute atomic E-state index is 12.1. The maximum Gasteiger partial charge on any atom is 0.224 e. The molecule has 0 aliphatic rings. The summed E-state index contributed by atoms with van der Waals surface area (Å²) in [4.78, 5) is 12.1. The number of nitrogens with one attached hydrogen (secondary N) is 1. The van der Waals surface area contributed by atoms with E-state index in [1.807, 2.05) is 32.0 Å². The van der Waals surface area contributed by atoms with E-state index in [9.17, 15) is 4.79 Å². The van der Waals surface area contributed by atoms with Crippen LogP contribution in [0.3, 0.4) is 0 Å². The molecule has 0 aliphatic carbocycles. The lowest BCUT2D eigenvalue weighted by Gasteiger charge is -2.12. The molecule has 3 heteroatoms. The summed E-state index contributed by atoms with van der Waals surface area (Å²) in [6.07, 6.45) is 6.59. The molecule has 3 nitrogen and oxygen atoms in total. The molecule has 2 aromatic rings. The minimum atomic E-state index is 0.105. The molecule has 2 rings (SSSR count). The number of amides is 1. The van der Waals surface area contributed by atoms with Gasteiger partial charge in [-0.3, -0.25) is 4.79 Å². The Morgan fingerprint density at radius 3 is 2.27 bits per heavy atom. The van der Waals surface area contributed by atoms with Crippen LogP contribution in [0.1, 0.15) is 36.0 Å². The van der Waals surface area contributed by atoms with Crippen molar-refractivity contribution < 1.29 is 9.36 Å². The van der Waals surface area contributed by atoms with Crippen LogP contribution in [0.2, 0.25) is 0 Å². The van der Waals surface area contributed by atoms with Crippen LogP contribution in [0.25, 0.3) is 0 Å². The fourth-order valence-corrected chi connectivity index (χ4v) is 2.74. The smallest absolute Gasteiger partial charge is 0.224 e. The summed E-state index contributed by atoms with van der Waals surface area (Å²) in [5.41, 5.74) is 4.46. The largest absolute Gasteiger partial charge is 0.326 e. The van der Waals surface area contributed by atoms with Crippen LogP contribution in [0, 0.1) is 20.8 Å². The van der Waals surface area contributed by atoms with E-state index >= 15 is 0 Å². The summed E-state index contributed by atoms with van der Waals surface area (Å²) in [5, 5.41) is 3.06. The van der Waals surface area contributed by atoms with Crippen LogP contribution >= 0.6 is 0 Å². The summed E-state index contributed by atoms with van der Waals surface area (Å²) < 4.78 is 2.15. The molecule has 0 spiro atoms. The van der Waals surface area contributed by atoms with Crippen molar-refractivity contribution in [1.29, 1.82) is 0 Å². The molecule has 1 aromatic heterocycles. The van der Waals surface area contributed by atoms with Crippen molar-refractivity contribution in [1.82, 2.24) is 0 Å². The molecule has 0 fully saturated rings. The van der Waals surface area contributed by atoms with Crippen LogP contribution in [-0.2, 0) is 11.3 Å². The van der Waals surface area contributed by atoms with E-state index in [2.05, 4.69) is 41.3 Å². The van der Waals surface area contributed by atoms with Gasteiger partial charge >= 0.3 is 0 Å². The van der Waals surface area contributed by atoms with Crippen LogP contribution in [-0.4, -0.2) is 5.91 Å². The second-order valence-corrected chi connectivity index (χ2v) is 5.89. The zero-order valence-electron chi connectivity index (χ0n) is 13.7. The SMILES string of the molecule is Cc1cc(C)c(NC(=O)CCCC[n+]2ccccc2)c(C)c1. The zero-order chi connectivity index (χ0) is 15.9. The fourth-order valence-electron chi connectivity index (χ4n) is 2.74. The van der Waals surface area contributed by atoms with Crippen LogP contribution in [0.4, 0.5) is 5.69 Å². The molecule has 1 aromatic carbocycles. The Bertz CT molecular complexity index is 612. The highest BCUT2D eigenvalue weighted by Gasteiger charge is 2.08. The molecule has 22 heavy (non-hydrogen) atoms. The lowest BCUT2D eigenvalue weighted by molar-refractivity contribution is -0.697. The lowest BCUT2D eigenvalue weighted by atomic mass is 10.0. The quantitative estimate of drug-likeness (QED) is 0.640. The average molecular weight is 297 g/mol. The van der Waals surface area contributed by atoms with E-state index in [1.165, 1.54) is 5.56 Å². The minimum Gasteiger partial charge on any atom is -0.326 e. The number of benzene rings is 1. The number of anilines is 1. The Balaban J connectivity index is 1.79. The molecular formula is C19H25N2O+. The van der Waals surface area contributed by atoms with Gasteiger partial charge in [0.05, 0.1) is 0 Å². The Kier molecular flexibility index (Phi) is 5.70. The van der Waals surface area contributed by atoms with E-state index in [4.69, 9.17) is 0 Å². The molecule has 0 atom stereocenters. The highest BCUT2D eigenvalue weighted by molar-refractivity contribution is 5.92. The first-order chi connectivity index (χ1) is 10.6. The number of hydrogen-bond acceptors (Lipinski definition) is 1. The summed E-state index contributed by atoms with van der Waals surface area (Å²) in [6.45, 7) is 7.12. The summed E-state index contributed by atoms with van der Waals surface area (Å²) in [6, 6.07) is 10.3. The molecule has 0 saturated carbocycles. The van der Waals surface area contributed by atoms with Gasteiger partial charge in [0.2, 0.25) is 5.91 Å². The third kappa shape index (κ3) is 4.69. The predicted octanol–water partition coefficient (Wildman–Crippen LogP) is 3.71. The van der Waals surface area contributed by atoms with Crippen molar-refractivity contribution in [2.75, 3.05) is 5.32 Å².